The first kappa shape index (κ1) is 32.4. The fourth-order valence-corrected chi connectivity index (χ4v) is 4.49. The number of unbranched alkanes of at least 4 members (excludes halogenated alkanes) is 1. The number of aryl methyl sites for hydroxylation is 1. The number of pyridine rings is 1. The number of hydrogen-bond acceptors (Lipinski definition) is 6. The molecule has 9 nitrogen and oxygen atoms in total. The third kappa shape index (κ3) is 9.26. The number of carbonyl (C=O) groups excluding carboxylic acids is 1. The summed E-state index contributed by atoms with van der Waals surface area (Å²) in [5.74, 6) is 6.33. The van der Waals surface area contributed by atoms with Gasteiger partial charge >= 0.3 is 6.18 Å². The molecule has 4 N–H and O–H groups in total. The van der Waals surface area contributed by atoms with Crippen molar-refractivity contribution in [1.82, 2.24) is 24.8 Å². The summed E-state index contributed by atoms with van der Waals surface area (Å²) in [6.07, 6.45) is 3.76. The number of H-pyrrole nitrogens is 1. The van der Waals surface area contributed by atoms with Crippen LogP contribution in [0.4, 0.5) is 18.9 Å². The average Bonchev–Trinajstić information content (AvgIpc) is 3.45. The molecular formula is C32H37F3N8O. The molecule has 1 aliphatic rings. The number of aromatic nitrogens is 3. The van der Waals surface area contributed by atoms with Crippen molar-refractivity contribution in [3.63, 3.8) is 0 Å². The normalized spacial score (nSPS) is 14.9. The van der Waals surface area contributed by atoms with Crippen LogP contribution in [0, 0.1) is 18.8 Å². The van der Waals surface area contributed by atoms with E-state index in [1.54, 1.807) is 31.3 Å². The molecule has 1 saturated heterocycles. The number of nitrogens with one attached hydrogen (secondary N) is 2. The van der Waals surface area contributed by atoms with Gasteiger partial charge < -0.3 is 20.9 Å². The van der Waals surface area contributed by atoms with Crippen LogP contribution in [-0.4, -0.2) is 76.3 Å². The van der Waals surface area contributed by atoms with Crippen molar-refractivity contribution >= 4 is 23.5 Å². The van der Waals surface area contributed by atoms with Gasteiger partial charge in [-0.3, -0.25) is 19.7 Å². The number of amidine groups is 1. The van der Waals surface area contributed by atoms with Gasteiger partial charge in [-0.1, -0.05) is 25.3 Å². The number of likely N-dealkylation sites (N-methyl/N-ethyl adjacent to an activating group) is 1. The molecule has 1 aromatic carbocycles. The Kier molecular flexibility index (Phi) is 10.9. The van der Waals surface area contributed by atoms with Gasteiger partial charge in [0.25, 0.3) is 5.91 Å². The summed E-state index contributed by atoms with van der Waals surface area (Å²) in [6, 6.07) is 5.47. The molecule has 0 spiro atoms. The van der Waals surface area contributed by atoms with Crippen molar-refractivity contribution in [3.8, 4) is 11.8 Å². The minimum absolute atomic E-state index is 0.0479. The summed E-state index contributed by atoms with van der Waals surface area (Å²) in [5.41, 5.74) is 7.14. The molecule has 12 heteroatoms. The summed E-state index contributed by atoms with van der Waals surface area (Å²) >= 11 is 0. The highest BCUT2D eigenvalue weighted by Gasteiger charge is 2.34. The number of hydrogen-bond donors (Lipinski definition) is 3. The molecular weight excluding hydrogens is 569 g/mol. The Morgan fingerprint density at radius 3 is 2.66 bits per heavy atom. The van der Waals surface area contributed by atoms with Crippen molar-refractivity contribution in [2.75, 3.05) is 45.1 Å². The number of rotatable bonds is 9. The maximum atomic E-state index is 14.0. The third-order valence-electron chi connectivity index (χ3n) is 7.16. The molecule has 4 rings (SSSR count). The molecule has 232 valence electrons. The van der Waals surface area contributed by atoms with E-state index in [0.717, 1.165) is 32.0 Å². The van der Waals surface area contributed by atoms with Gasteiger partial charge in [0.05, 0.1) is 23.0 Å². The summed E-state index contributed by atoms with van der Waals surface area (Å²) < 4.78 is 41.9. The summed E-state index contributed by atoms with van der Waals surface area (Å²) in [6.45, 7) is 7.69. The average molecular weight is 607 g/mol. The summed E-state index contributed by atoms with van der Waals surface area (Å²) in [7, 11) is 1.99. The number of imidazole rings is 1. The first-order valence-electron chi connectivity index (χ1n) is 14.5. The predicted molar refractivity (Wildman–Crippen MR) is 166 cm³/mol. The SMILES string of the molecule is CCCCN=C(N)/C=C\c1ncc(C#Cc2cc(C(=O)Nc3ccc(CN4CCN(C)CC4)c(C(F)(F)F)c3)cnc2C)[nH]1. The molecule has 1 fully saturated rings. The van der Waals surface area contributed by atoms with E-state index in [9.17, 15) is 18.0 Å². The van der Waals surface area contributed by atoms with Gasteiger partial charge in [0.1, 0.15) is 17.4 Å². The monoisotopic (exact) mass is 606 g/mol. The lowest BCUT2D eigenvalue weighted by Gasteiger charge is -2.33. The Labute approximate surface area is 255 Å². The number of carbonyl (C=O) groups is 1. The largest absolute Gasteiger partial charge is 0.416 e. The number of piperazine rings is 1. The van der Waals surface area contributed by atoms with Crippen LogP contribution in [0.2, 0.25) is 0 Å². The van der Waals surface area contributed by atoms with Crippen molar-refractivity contribution in [3.05, 3.63) is 82.2 Å². The van der Waals surface area contributed by atoms with Crippen molar-refractivity contribution in [2.24, 2.45) is 10.7 Å². The van der Waals surface area contributed by atoms with Gasteiger partial charge in [0, 0.05) is 56.7 Å². The maximum absolute atomic E-state index is 14.0. The zero-order valence-electron chi connectivity index (χ0n) is 25.1. The third-order valence-corrected chi connectivity index (χ3v) is 7.16. The Morgan fingerprint density at radius 2 is 1.93 bits per heavy atom. The lowest BCUT2D eigenvalue weighted by molar-refractivity contribution is -0.138. The zero-order chi connectivity index (χ0) is 31.7. The Bertz CT molecular complexity index is 1570. The topological polar surface area (TPSA) is 116 Å². The fraction of sp³-hybridized carbons (Fsp3) is 0.375. The first-order valence-corrected chi connectivity index (χ1v) is 14.5. The minimum atomic E-state index is -4.56. The zero-order valence-corrected chi connectivity index (χ0v) is 25.1. The molecule has 44 heavy (non-hydrogen) atoms. The summed E-state index contributed by atoms with van der Waals surface area (Å²) in [4.78, 5) is 33.0. The van der Waals surface area contributed by atoms with Gasteiger partial charge in [-0.25, -0.2) is 4.98 Å². The van der Waals surface area contributed by atoms with E-state index < -0.39 is 17.6 Å². The number of anilines is 1. The van der Waals surface area contributed by atoms with Gasteiger partial charge in [-0.2, -0.15) is 13.2 Å². The highest BCUT2D eigenvalue weighted by Crippen LogP contribution is 2.34. The van der Waals surface area contributed by atoms with Gasteiger partial charge in [0.2, 0.25) is 0 Å². The van der Waals surface area contributed by atoms with Crippen LogP contribution in [0.25, 0.3) is 6.08 Å². The van der Waals surface area contributed by atoms with Crippen LogP contribution in [0.15, 0.2) is 47.7 Å². The first-order chi connectivity index (χ1) is 21.0. The lowest BCUT2D eigenvalue weighted by Crippen LogP contribution is -2.44. The van der Waals surface area contributed by atoms with E-state index in [1.807, 2.05) is 11.9 Å². The van der Waals surface area contributed by atoms with Crippen LogP contribution in [0.3, 0.4) is 0 Å². The van der Waals surface area contributed by atoms with Gasteiger partial charge in [-0.15, -0.1) is 0 Å². The van der Waals surface area contributed by atoms with E-state index in [0.29, 0.717) is 48.2 Å². The molecule has 0 aliphatic carbocycles. The second kappa shape index (κ2) is 14.8. The van der Waals surface area contributed by atoms with Crippen LogP contribution in [0.5, 0.6) is 0 Å². The molecule has 1 aliphatic heterocycles. The van der Waals surface area contributed by atoms with Crippen LogP contribution in [-0.2, 0) is 12.7 Å². The molecule has 0 saturated carbocycles. The van der Waals surface area contributed by atoms with E-state index in [1.165, 1.54) is 18.3 Å². The quantitative estimate of drug-likeness (QED) is 0.141. The molecule has 2 aromatic heterocycles. The Balaban J connectivity index is 1.45. The summed E-state index contributed by atoms with van der Waals surface area (Å²) in [5, 5.41) is 2.58. The van der Waals surface area contributed by atoms with Crippen LogP contribution in [0.1, 0.15) is 64.0 Å². The number of aromatic amines is 1. The fourth-order valence-electron chi connectivity index (χ4n) is 4.49. The van der Waals surface area contributed by atoms with Crippen molar-refractivity contribution in [2.45, 2.75) is 39.4 Å². The van der Waals surface area contributed by atoms with E-state index >= 15 is 0 Å². The van der Waals surface area contributed by atoms with Crippen molar-refractivity contribution in [1.29, 1.82) is 0 Å². The van der Waals surface area contributed by atoms with Crippen LogP contribution < -0.4 is 11.1 Å². The van der Waals surface area contributed by atoms with E-state index in [4.69, 9.17) is 5.73 Å². The molecule has 0 bridgehead atoms. The number of benzene rings is 1. The van der Waals surface area contributed by atoms with E-state index in [2.05, 4.69) is 48.9 Å². The maximum Gasteiger partial charge on any atom is 0.416 e. The number of nitrogens with two attached hydrogens (primary N) is 1. The predicted octanol–water partition coefficient (Wildman–Crippen LogP) is 4.70. The number of amides is 1. The molecule has 0 atom stereocenters. The Hall–Kier alpha value is -4.47. The highest BCUT2D eigenvalue weighted by molar-refractivity contribution is 6.04. The molecule has 3 heterocycles. The second-order valence-electron chi connectivity index (χ2n) is 10.7. The number of aliphatic imine (C=N–C) groups is 1. The van der Waals surface area contributed by atoms with Crippen molar-refractivity contribution < 1.29 is 18.0 Å². The molecule has 0 radical (unpaired) electrons. The molecule has 1 amide bonds. The standard InChI is InChI=1S/C32H37F3N8O/c1-4-5-12-37-29(36)10-11-30-39-20-27(40-30)9-6-23-17-25(19-38-22(23)2)31(44)41-26-8-7-24(28(18-26)32(33,34)35)21-43-15-13-42(3)14-16-43/h7-8,10-11,17-20H,4-5,12-16,21H2,1-3H3,(H2,36,37)(H,39,40)(H,41,44)/b11-10-. The van der Waals surface area contributed by atoms with E-state index in [-0.39, 0.29) is 23.4 Å². The molecule has 3 aromatic rings. The number of halogens is 3. The molecule has 0 unspecified atom stereocenters. The van der Waals surface area contributed by atoms with Gasteiger partial charge in [0.15, 0.2) is 0 Å². The minimum Gasteiger partial charge on any atom is -0.384 e. The van der Waals surface area contributed by atoms with Crippen LogP contribution >= 0.6 is 0 Å². The lowest BCUT2D eigenvalue weighted by atomic mass is 10.0. The highest BCUT2D eigenvalue weighted by atomic mass is 19.4. The smallest absolute Gasteiger partial charge is 0.384 e. The number of nitrogens with zero attached hydrogens (tertiary/aromatic N) is 5. The van der Waals surface area contributed by atoms with Gasteiger partial charge in [-0.05, 0) is 62.2 Å². The second-order valence-corrected chi connectivity index (χ2v) is 10.7. The Morgan fingerprint density at radius 1 is 1.16 bits per heavy atom. The number of alkyl halides is 3.